The lowest BCUT2D eigenvalue weighted by molar-refractivity contribution is -0.385. The first-order valence-electron chi connectivity index (χ1n) is 6.82. The summed E-state index contributed by atoms with van der Waals surface area (Å²) in [6.07, 6.45) is 0. The minimum Gasteiger partial charge on any atom is -0.477 e. The molecular weight excluding hydrogens is 318 g/mol. The fourth-order valence-electron chi connectivity index (χ4n) is 2.10. The molecule has 3 rings (SSSR count). The molecular formula is C15H11N3O6. The van der Waals surface area contributed by atoms with Crippen LogP contribution >= 0.6 is 0 Å². The highest BCUT2D eigenvalue weighted by molar-refractivity contribution is 5.93. The average molecular weight is 329 g/mol. The van der Waals surface area contributed by atoms with Crippen LogP contribution in [0.4, 0.5) is 11.4 Å². The van der Waals surface area contributed by atoms with E-state index >= 15 is 0 Å². The topological polar surface area (TPSA) is 127 Å². The van der Waals surface area contributed by atoms with Gasteiger partial charge in [-0.2, -0.15) is 0 Å². The Morgan fingerprint density at radius 1 is 1.29 bits per heavy atom. The number of aromatic nitrogens is 1. The van der Waals surface area contributed by atoms with Crippen LogP contribution in [0.25, 0.3) is 11.1 Å². The van der Waals surface area contributed by atoms with Crippen molar-refractivity contribution in [3.8, 4) is 5.75 Å². The predicted octanol–water partition coefficient (Wildman–Crippen LogP) is 2.05. The Bertz CT molecular complexity index is 974. The highest BCUT2D eigenvalue weighted by Crippen LogP contribution is 2.25. The standard InChI is InChI=1S/C15H11N3O6/c19-14(8-23-13-4-2-1-3-11(13)18(21)22)16-9-5-6-12-10(7-9)17-15(20)24-12/h1-7H,8H2,(H,16,19)(H,17,20). The Morgan fingerprint density at radius 3 is 2.88 bits per heavy atom. The summed E-state index contributed by atoms with van der Waals surface area (Å²) in [6, 6.07) is 10.4. The van der Waals surface area contributed by atoms with Gasteiger partial charge in [-0.05, 0) is 24.3 Å². The second-order valence-electron chi connectivity index (χ2n) is 4.79. The Labute approximate surface area is 134 Å². The van der Waals surface area contributed by atoms with E-state index in [9.17, 15) is 19.7 Å². The minimum atomic E-state index is -0.590. The van der Waals surface area contributed by atoms with Gasteiger partial charge < -0.3 is 14.5 Å². The molecule has 9 nitrogen and oxygen atoms in total. The van der Waals surface area contributed by atoms with Crippen molar-refractivity contribution in [3.63, 3.8) is 0 Å². The minimum absolute atomic E-state index is 0.00673. The number of nitrogens with one attached hydrogen (secondary N) is 2. The predicted molar refractivity (Wildman–Crippen MR) is 84.1 cm³/mol. The van der Waals surface area contributed by atoms with Crippen molar-refractivity contribution in [3.05, 3.63) is 63.1 Å². The number of hydrogen-bond acceptors (Lipinski definition) is 6. The summed E-state index contributed by atoms with van der Waals surface area (Å²) in [4.78, 5) is 35.7. The van der Waals surface area contributed by atoms with Crippen molar-refractivity contribution in [2.45, 2.75) is 0 Å². The van der Waals surface area contributed by atoms with Gasteiger partial charge >= 0.3 is 11.4 Å². The van der Waals surface area contributed by atoms with E-state index in [4.69, 9.17) is 9.15 Å². The van der Waals surface area contributed by atoms with E-state index in [0.29, 0.717) is 16.8 Å². The number of nitrogens with zero attached hydrogens (tertiary/aromatic N) is 1. The van der Waals surface area contributed by atoms with Gasteiger partial charge in [0, 0.05) is 11.8 Å². The smallest absolute Gasteiger partial charge is 0.417 e. The van der Waals surface area contributed by atoms with Crippen LogP contribution in [-0.2, 0) is 4.79 Å². The number of ether oxygens (including phenoxy) is 1. The van der Waals surface area contributed by atoms with Gasteiger partial charge in [0.05, 0.1) is 10.4 Å². The van der Waals surface area contributed by atoms with Gasteiger partial charge in [-0.3, -0.25) is 19.9 Å². The molecule has 122 valence electrons. The molecule has 0 bridgehead atoms. The summed E-state index contributed by atoms with van der Waals surface area (Å²) in [5, 5.41) is 13.4. The largest absolute Gasteiger partial charge is 0.477 e. The molecule has 24 heavy (non-hydrogen) atoms. The molecule has 0 radical (unpaired) electrons. The van der Waals surface area contributed by atoms with Gasteiger partial charge in [0.25, 0.3) is 5.91 Å². The van der Waals surface area contributed by atoms with Crippen LogP contribution in [0.1, 0.15) is 0 Å². The molecule has 3 aromatic rings. The maximum absolute atomic E-state index is 11.9. The lowest BCUT2D eigenvalue weighted by Gasteiger charge is -2.07. The lowest BCUT2D eigenvalue weighted by Crippen LogP contribution is -2.20. The molecule has 0 atom stereocenters. The molecule has 0 fully saturated rings. The maximum Gasteiger partial charge on any atom is 0.417 e. The van der Waals surface area contributed by atoms with E-state index in [1.807, 2.05) is 0 Å². The molecule has 1 aromatic heterocycles. The number of fused-ring (bicyclic) bond motifs is 1. The van der Waals surface area contributed by atoms with Crippen molar-refractivity contribution in [1.29, 1.82) is 0 Å². The second-order valence-corrected chi connectivity index (χ2v) is 4.79. The molecule has 9 heteroatoms. The molecule has 2 aromatic carbocycles. The Morgan fingerprint density at radius 2 is 2.08 bits per heavy atom. The average Bonchev–Trinajstić information content (AvgIpc) is 2.92. The van der Waals surface area contributed by atoms with Crippen molar-refractivity contribution in [2.24, 2.45) is 0 Å². The number of nitro benzene ring substituents is 1. The summed E-state index contributed by atoms with van der Waals surface area (Å²) in [6.45, 7) is -0.398. The molecule has 0 saturated carbocycles. The van der Waals surface area contributed by atoms with E-state index in [1.165, 1.54) is 30.3 Å². The van der Waals surface area contributed by atoms with Crippen LogP contribution < -0.4 is 15.8 Å². The Kier molecular flexibility index (Phi) is 3.98. The van der Waals surface area contributed by atoms with Gasteiger partial charge in [0.2, 0.25) is 0 Å². The number of benzene rings is 2. The SMILES string of the molecule is O=C(COc1ccccc1[N+](=O)[O-])Nc1ccc2oc(=O)[nH]c2c1. The fraction of sp³-hybridized carbons (Fsp3) is 0.0667. The zero-order valence-electron chi connectivity index (χ0n) is 12.1. The number of amides is 1. The first-order chi connectivity index (χ1) is 11.5. The molecule has 0 unspecified atom stereocenters. The zero-order valence-corrected chi connectivity index (χ0v) is 12.1. The summed E-state index contributed by atoms with van der Waals surface area (Å²) in [5.41, 5.74) is 1.02. The molecule has 2 N–H and O–H groups in total. The number of para-hydroxylation sites is 2. The number of nitro groups is 1. The van der Waals surface area contributed by atoms with Crippen molar-refractivity contribution in [2.75, 3.05) is 11.9 Å². The van der Waals surface area contributed by atoms with E-state index < -0.39 is 23.2 Å². The van der Waals surface area contributed by atoms with Gasteiger partial charge in [-0.25, -0.2) is 4.79 Å². The number of hydrogen-bond donors (Lipinski definition) is 2. The van der Waals surface area contributed by atoms with E-state index in [0.717, 1.165) is 0 Å². The zero-order chi connectivity index (χ0) is 17.1. The molecule has 0 aliphatic rings. The van der Waals surface area contributed by atoms with Gasteiger partial charge in [0.15, 0.2) is 17.9 Å². The molecule has 0 aliphatic carbocycles. The van der Waals surface area contributed by atoms with E-state index in [2.05, 4.69) is 10.3 Å². The first kappa shape index (κ1) is 15.3. The summed E-state index contributed by atoms with van der Waals surface area (Å²) in [5.74, 6) is -1.08. The number of aromatic amines is 1. The molecule has 0 aliphatic heterocycles. The molecule has 1 amide bonds. The summed E-state index contributed by atoms with van der Waals surface area (Å²) < 4.78 is 10.1. The third-order valence-corrected chi connectivity index (χ3v) is 3.12. The highest BCUT2D eigenvalue weighted by Gasteiger charge is 2.15. The number of rotatable bonds is 5. The second kappa shape index (κ2) is 6.24. The Hall–Kier alpha value is -3.62. The van der Waals surface area contributed by atoms with Crippen LogP contribution in [0.2, 0.25) is 0 Å². The van der Waals surface area contributed by atoms with Crippen molar-refractivity contribution >= 4 is 28.4 Å². The van der Waals surface area contributed by atoms with Crippen molar-refractivity contribution in [1.82, 2.24) is 4.98 Å². The third kappa shape index (κ3) is 3.24. The first-order valence-corrected chi connectivity index (χ1v) is 6.82. The normalized spacial score (nSPS) is 10.5. The Balaban J connectivity index is 1.67. The van der Waals surface area contributed by atoms with Gasteiger partial charge in [-0.15, -0.1) is 0 Å². The van der Waals surface area contributed by atoms with E-state index in [-0.39, 0.29) is 11.4 Å². The maximum atomic E-state index is 11.9. The van der Waals surface area contributed by atoms with Crippen LogP contribution in [0.3, 0.4) is 0 Å². The fourth-order valence-corrected chi connectivity index (χ4v) is 2.10. The lowest BCUT2D eigenvalue weighted by atomic mass is 10.3. The quantitative estimate of drug-likeness (QED) is 0.544. The highest BCUT2D eigenvalue weighted by atomic mass is 16.6. The molecule has 1 heterocycles. The summed E-state index contributed by atoms with van der Waals surface area (Å²) in [7, 11) is 0. The van der Waals surface area contributed by atoms with Crippen LogP contribution in [0, 0.1) is 10.1 Å². The van der Waals surface area contributed by atoms with Crippen LogP contribution in [0.15, 0.2) is 51.7 Å². The third-order valence-electron chi connectivity index (χ3n) is 3.12. The number of oxazole rings is 1. The van der Waals surface area contributed by atoms with E-state index in [1.54, 1.807) is 12.1 Å². The number of carbonyl (C=O) groups excluding carboxylic acids is 1. The molecule has 0 spiro atoms. The number of carbonyl (C=O) groups is 1. The van der Waals surface area contributed by atoms with Crippen molar-refractivity contribution < 1.29 is 18.9 Å². The van der Waals surface area contributed by atoms with Crippen LogP contribution in [-0.4, -0.2) is 22.4 Å². The van der Waals surface area contributed by atoms with Gasteiger partial charge in [0.1, 0.15) is 0 Å². The summed E-state index contributed by atoms with van der Waals surface area (Å²) >= 11 is 0. The van der Waals surface area contributed by atoms with Crippen LogP contribution in [0.5, 0.6) is 5.75 Å². The van der Waals surface area contributed by atoms with Gasteiger partial charge in [-0.1, -0.05) is 12.1 Å². The number of H-pyrrole nitrogens is 1. The molecule has 0 saturated heterocycles. The monoisotopic (exact) mass is 329 g/mol. The number of anilines is 1.